The zero-order valence-corrected chi connectivity index (χ0v) is 23.4. The quantitative estimate of drug-likeness (QED) is 0.190. The number of ketones is 1. The van der Waals surface area contributed by atoms with Gasteiger partial charge in [-0.15, -0.1) is 0 Å². The lowest BCUT2D eigenvalue weighted by Gasteiger charge is -2.24. The largest absolute Gasteiger partial charge is 0.451 e. The van der Waals surface area contributed by atoms with Crippen molar-refractivity contribution in [1.82, 2.24) is 21.3 Å². The van der Waals surface area contributed by atoms with E-state index in [9.17, 15) is 24.0 Å². The summed E-state index contributed by atoms with van der Waals surface area (Å²) in [5, 5.41) is 11.5. The number of nitrogens with one attached hydrogen (secondary N) is 4. The number of fused-ring (bicyclic) bond motifs is 1. The van der Waals surface area contributed by atoms with Crippen LogP contribution in [0.25, 0.3) is 11.0 Å². The van der Waals surface area contributed by atoms with Crippen LogP contribution in [0.5, 0.6) is 0 Å². The van der Waals surface area contributed by atoms with Crippen LogP contribution in [0.3, 0.4) is 0 Å². The smallest absolute Gasteiger partial charge is 0.289 e. The zero-order chi connectivity index (χ0) is 30.2. The van der Waals surface area contributed by atoms with Crippen molar-refractivity contribution in [2.45, 2.75) is 37.9 Å². The molecule has 1 aromatic heterocycles. The highest BCUT2D eigenvalue weighted by Gasteiger charge is 2.35. The van der Waals surface area contributed by atoms with E-state index < -0.39 is 41.5 Å². The van der Waals surface area contributed by atoms with E-state index in [1.54, 1.807) is 18.2 Å². The van der Waals surface area contributed by atoms with Crippen LogP contribution in [0.2, 0.25) is 0 Å². The Morgan fingerprint density at radius 2 is 1.51 bits per heavy atom. The second-order valence-corrected chi connectivity index (χ2v) is 10.5. The maximum Gasteiger partial charge on any atom is 0.289 e. The highest BCUT2D eigenvalue weighted by molar-refractivity contribution is 6.38. The number of rotatable bonds is 12. The van der Waals surface area contributed by atoms with E-state index in [1.165, 1.54) is 0 Å². The number of hydrogen-bond acceptors (Lipinski definition) is 6. The molecule has 0 saturated carbocycles. The number of para-hydroxylation sites is 1. The number of hydrogen-bond donors (Lipinski definition) is 4. The summed E-state index contributed by atoms with van der Waals surface area (Å²) in [6, 6.07) is 24.5. The van der Waals surface area contributed by atoms with Gasteiger partial charge < -0.3 is 25.7 Å². The monoisotopic (exact) mass is 580 g/mol. The number of Topliss-reactive ketones (excluding diaryl/α,β-unsaturated/α-hetero) is 1. The molecule has 1 aliphatic rings. The van der Waals surface area contributed by atoms with Gasteiger partial charge in [-0.05, 0) is 36.1 Å². The molecule has 5 rings (SSSR count). The minimum Gasteiger partial charge on any atom is -0.451 e. The van der Waals surface area contributed by atoms with E-state index in [0.29, 0.717) is 18.5 Å². The molecule has 1 unspecified atom stereocenters. The standard InChI is InChI=1S/C33H32N4O6/c38-29(33(42)35-20-22-11-5-2-6-12-22)25(18-24-15-16-34-30(24)39)36-31(40)26(17-21-9-3-1-4-10-21)37-32(41)28-19-23-13-7-8-14-27(23)43-28/h1-14,19,24-26H,15-18,20H2,(H,34,39)(H,35,42)(H,36,40)(H,37,41)/t24-,25?,26-/m0/s1. The van der Waals surface area contributed by atoms with Crippen molar-refractivity contribution >= 4 is 40.4 Å². The third kappa shape index (κ3) is 7.53. The van der Waals surface area contributed by atoms with Crippen LogP contribution in [0.15, 0.2) is 95.4 Å². The van der Waals surface area contributed by atoms with Gasteiger partial charge in [0.25, 0.3) is 11.8 Å². The van der Waals surface area contributed by atoms with Crippen LogP contribution < -0.4 is 21.3 Å². The minimum atomic E-state index is -1.28. The Morgan fingerprint density at radius 1 is 0.837 bits per heavy atom. The lowest BCUT2D eigenvalue weighted by molar-refractivity contribution is -0.141. The molecule has 0 spiro atoms. The van der Waals surface area contributed by atoms with Crippen LogP contribution in [-0.4, -0.2) is 48.0 Å². The number of amides is 4. The van der Waals surface area contributed by atoms with Gasteiger partial charge in [0.05, 0.1) is 6.04 Å². The van der Waals surface area contributed by atoms with Crippen molar-refractivity contribution in [3.63, 3.8) is 0 Å². The van der Waals surface area contributed by atoms with Crippen LogP contribution in [0.1, 0.15) is 34.5 Å². The molecule has 220 valence electrons. The van der Waals surface area contributed by atoms with E-state index in [4.69, 9.17) is 4.42 Å². The van der Waals surface area contributed by atoms with E-state index >= 15 is 0 Å². The molecule has 3 atom stereocenters. The maximum atomic E-state index is 13.7. The Morgan fingerprint density at radius 3 is 2.19 bits per heavy atom. The Bertz CT molecular complexity index is 1590. The third-order valence-electron chi connectivity index (χ3n) is 7.39. The summed E-state index contributed by atoms with van der Waals surface area (Å²) < 4.78 is 5.68. The van der Waals surface area contributed by atoms with Crippen molar-refractivity contribution < 1.29 is 28.4 Å². The fourth-order valence-electron chi connectivity index (χ4n) is 5.06. The van der Waals surface area contributed by atoms with Crippen molar-refractivity contribution in [2.75, 3.05) is 6.54 Å². The van der Waals surface area contributed by atoms with Gasteiger partial charge in [-0.3, -0.25) is 24.0 Å². The van der Waals surface area contributed by atoms with Crippen molar-refractivity contribution in [3.05, 3.63) is 108 Å². The highest BCUT2D eigenvalue weighted by Crippen LogP contribution is 2.20. The Hall–Kier alpha value is -5.25. The van der Waals surface area contributed by atoms with Crippen LogP contribution >= 0.6 is 0 Å². The molecule has 1 saturated heterocycles. The lowest BCUT2D eigenvalue weighted by Crippen LogP contribution is -2.55. The lowest BCUT2D eigenvalue weighted by atomic mass is 9.94. The van der Waals surface area contributed by atoms with Gasteiger partial charge in [-0.2, -0.15) is 0 Å². The van der Waals surface area contributed by atoms with Crippen LogP contribution in [0, 0.1) is 5.92 Å². The van der Waals surface area contributed by atoms with Crippen molar-refractivity contribution in [3.8, 4) is 0 Å². The number of carbonyl (C=O) groups is 5. The average Bonchev–Trinajstić information content (AvgIpc) is 3.65. The first-order chi connectivity index (χ1) is 20.9. The molecule has 0 radical (unpaired) electrons. The summed E-state index contributed by atoms with van der Waals surface area (Å²) in [6.07, 6.45) is 0.536. The zero-order valence-electron chi connectivity index (χ0n) is 23.4. The second-order valence-electron chi connectivity index (χ2n) is 10.5. The van der Waals surface area contributed by atoms with Gasteiger partial charge in [0.1, 0.15) is 11.6 Å². The van der Waals surface area contributed by atoms with Gasteiger partial charge in [-0.25, -0.2) is 0 Å². The average molecular weight is 581 g/mol. The van der Waals surface area contributed by atoms with Gasteiger partial charge in [0, 0.05) is 30.8 Å². The summed E-state index contributed by atoms with van der Waals surface area (Å²) >= 11 is 0. The molecular formula is C33H32N4O6. The van der Waals surface area contributed by atoms with Crippen molar-refractivity contribution in [1.29, 1.82) is 0 Å². The van der Waals surface area contributed by atoms with E-state index in [-0.39, 0.29) is 31.1 Å². The summed E-state index contributed by atoms with van der Waals surface area (Å²) in [6.45, 7) is 0.572. The summed E-state index contributed by atoms with van der Waals surface area (Å²) in [5.41, 5.74) is 2.10. The molecule has 43 heavy (non-hydrogen) atoms. The first-order valence-electron chi connectivity index (χ1n) is 14.1. The summed E-state index contributed by atoms with van der Waals surface area (Å²) in [7, 11) is 0. The first kappa shape index (κ1) is 29.2. The Balaban J connectivity index is 1.34. The molecule has 4 N–H and O–H groups in total. The Kier molecular flexibility index (Phi) is 9.26. The molecule has 0 bridgehead atoms. The molecule has 2 heterocycles. The predicted molar refractivity (Wildman–Crippen MR) is 159 cm³/mol. The molecule has 1 aliphatic heterocycles. The molecule has 10 heteroatoms. The number of benzene rings is 3. The van der Waals surface area contributed by atoms with Crippen LogP contribution in [0.4, 0.5) is 0 Å². The highest BCUT2D eigenvalue weighted by atomic mass is 16.3. The van der Waals surface area contributed by atoms with Gasteiger partial charge in [-0.1, -0.05) is 78.9 Å². The molecule has 0 aliphatic carbocycles. The summed E-state index contributed by atoms with van der Waals surface area (Å²) in [5.74, 6) is -3.77. The predicted octanol–water partition coefficient (Wildman–Crippen LogP) is 2.67. The van der Waals surface area contributed by atoms with E-state index in [0.717, 1.165) is 16.5 Å². The third-order valence-corrected chi connectivity index (χ3v) is 7.39. The summed E-state index contributed by atoms with van der Waals surface area (Å²) in [4.78, 5) is 65.6. The normalized spacial score (nSPS) is 15.7. The molecule has 3 aromatic carbocycles. The van der Waals surface area contributed by atoms with E-state index in [1.807, 2.05) is 72.8 Å². The number of carbonyl (C=O) groups excluding carboxylic acids is 5. The first-order valence-corrected chi connectivity index (χ1v) is 14.1. The topological polar surface area (TPSA) is 147 Å². The van der Waals surface area contributed by atoms with E-state index in [2.05, 4.69) is 21.3 Å². The van der Waals surface area contributed by atoms with Gasteiger partial charge in [0.15, 0.2) is 5.76 Å². The Labute approximate surface area is 248 Å². The molecule has 1 fully saturated rings. The molecule has 10 nitrogen and oxygen atoms in total. The molecule has 4 amide bonds. The maximum absolute atomic E-state index is 13.7. The van der Waals surface area contributed by atoms with Crippen molar-refractivity contribution in [2.24, 2.45) is 5.92 Å². The fourth-order valence-corrected chi connectivity index (χ4v) is 5.06. The fraction of sp³-hybridized carbons (Fsp3) is 0.242. The van der Waals surface area contributed by atoms with Crippen LogP contribution in [-0.2, 0) is 32.1 Å². The van der Waals surface area contributed by atoms with Gasteiger partial charge in [0.2, 0.25) is 17.6 Å². The SMILES string of the molecule is O=C(NCc1ccccc1)C(=O)C(C[C@@H]1CCNC1=O)NC(=O)[C@H](Cc1ccccc1)NC(=O)c1cc2ccccc2o1. The molecular weight excluding hydrogens is 548 g/mol. The second kappa shape index (κ2) is 13.6. The minimum absolute atomic E-state index is 0.0302. The number of furan rings is 1. The molecule has 4 aromatic rings. The van der Waals surface area contributed by atoms with Gasteiger partial charge >= 0.3 is 0 Å².